The van der Waals surface area contributed by atoms with E-state index in [4.69, 9.17) is 4.42 Å². The first kappa shape index (κ1) is 15.5. The van der Waals surface area contributed by atoms with Gasteiger partial charge in [0.15, 0.2) is 5.76 Å². The van der Waals surface area contributed by atoms with Crippen LogP contribution in [-0.4, -0.2) is 16.2 Å². The zero-order chi connectivity index (χ0) is 15.4. The molecule has 0 bridgehead atoms. The average Bonchev–Trinajstić information content (AvgIpc) is 2.86. The van der Waals surface area contributed by atoms with Crippen LogP contribution in [0.2, 0.25) is 0 Å². The lowest BCUT2D eigenvalue weighted by molar-refractivity contribution is 0.0913. The maximum atomic E-state index is 12.3. The topological polar surface area (TPSA) is 59.3 Å². The molecule has 0 fully saturated rings. The van der Waals surface area contributed by atoms with Gasteiger partial charge < -0.3 is 9.73 Å². The second-order valence-electron chi connectivity index (χ2n) is 5.20. The third kappa shape index (κ3) is 4.29. The van der Waals surface area contributed by atoms with Crippen LogP contribution in [0.3, 0.4) is 0 Å². The summed E-state index contributed by atoms with van der Waals surface area (Å²) in [6.07, 6.45) is 0. The number of rotatable bonds is 5. The normalized spacial score (nSPS) is 12.4. The van der Waals surface area contributed by atoms with Crippen molar-refractivity contribution in [2.24, 2.45) is 0 Å². The second-order valence-corrected chi connectivity index (χ2v) is 6.65. The highest BCUT2D eigenvalue weighted by Gasteiger charge is 2.14. The maximum Gasteiger partial charge on any atom is 0.287 e. The summed E-state index contributed by atoms with van der Waals surface area (Å²) in [5, 5.41) is 2.76. The monoisotopic (exact) mass is 305 g/mol. The smallest absolute Gasteiger partial charge is 0.287 e. The van der Waals surface area contributed by atoms with Crippen molar-refractivity contribution in [3.05, 3.63) is 53.5 Å². The van der Waals surface area contributed by atoms with Crippen molar-refractivity contribution in [3.8, 4) is 0 Å². The average molecular weight is 305 g/mol. The Morgan fingerprint density at radius 1 is 1.29 bits per heavy atom. The van der Waals surface area contributed by atoms with E-state index in [1.54, 1.807) is 12.1 Å². The van der Waals surface area contributed by atoms with Crippen LogP contribution in [0.25, 0.3) is 0 Å². The van der Waals surface area contributed by atoms with Gasteiger partial charge in [0, 0.05) is 10.9 Å². The van der Waals surface area contributed by atoms with E-state index >= 15 is 0 Å². The van der Waals surface area contributed by atoms with E-state index in [0.717, 1.165) is 10.5 Å². The summed E-state index contributed by atoms with van der Waals surface area (Å²) in [5.74, 6) is 0.805. The molecular formula is C16H19NO3S. The van der Waals surface area contributed by atoms with Crippen LogP contribution in [0, 0.1) is 6.92 Å². The van der Waals surface area contributed by atoms with E-state index in [-0.39, 0.29) is 23.5 Å². The highest BCUT2D eigenvalue weighted by atomic mass is 32.2. The number of furan rings is 1. The van der Waals surface area contributed by atoms with Crippen molar-refractivity contribution < 1.29 is 13.4 Å². The van der Waals surface area contributed by atoms with Crippen molar-refractivity contribution in [2.45, 2.75) is 37.5 Å². The Balaban J connectivity index is 2.05. The maximum absolute atomic E-state index is 12.3. The van der Waals surface area contributed by atoms with Gasteiger partial charge >= 0.3 is 0 Å². The van der Waals surface area contributed by atoms with E-state index in [9.17, 15) is 9.00 Å². The summed E-state index contributed by atoms with van der Waals surface area (Å²) in [4.78, 5) is 12.6. The molecule has 4 nitrogen and oxygen atoms in total. The molecular weight excluding hydrogens is 286 g/mol. The van der Waals surface area contributed by atoms with Gasteiger partial charge in [-0.05, 0) is 50.6 Å². The Labute approximate surface area is 127 Å². The number of hydrogen-bond donors (Lipinski definition) is 1. The second kappa shape index (κ2) is 6.72. The standard InChI is InChI=1S/C16H19NO3S/c1-11(2)17-16(18)15-8-7-13(20-15)10-21(19)14-6-4-5-12(3)9-14/h4-9,11H,10H2,1-3H3,(H,17,18)/t21-/m0/s1. The van der Waals surface area contributed by atoms with Crippen LogP contribution in [-0.2, 0) is 16.6 Å². The Morgan fingerprint density at radius 3 is 2.71 bits per heavy atom. The van der Waals surface area contributed by atoms with Crippen LogP contribution in [0.15, 0.2) is 45.7 Å². The number of hydrogen-bond acceptors (Lipinski definition) is 3. The van der Waals surface area contributed by atoms with Crippen molar-refractivity contribution >= 4 is 16.7 Å². The Morgan fingerprint density at radius 2 is 2.05 bits per heavy atom. The molecule has 1 amide bonds. The number of carbonyl (C=O) groups is 1. The van der Waals surface area contributed by atoms with Crippen molar-refractivity contribution in [1.82, 2.24) is 5.32 Å². The lowest BCUT2D eigenvalue weighted by atomic mass is 10.2. The lowest BCUT2D eigenvalue weighted by Crippen LogP contribution is -2.29. The van der Waals surface area contributed by atoms with Crippen molar-refractivity contribution in [2.75, 3.05) is 0 Å². The fourth-order valence-corrected chi connectivity index (χ4v) is 3.01. The minimum atomic E-state index is -1.18. The van der Waals surface area contributed by atoms with Crippen LogP contribution >= 0.6 is 0 Å². The Kier molecular flexibility index (Phi) is 4.96. The van der Waals surface area contributed by atoms with Crippen LogP contribution in [0.4, 0.5) is 0 Å². The predicted octanol–water partition coefficient (Wildman–Crippen LogP) is 3.03. The first-order valence-corrected chi connectivity index (χ1v) is 8.12. The minimum absolute atomic E-state index is 0.0486. The van der Waals surface area contributed by atoms with Gasteiger partial charge in [0.1, 0.15) is 5.76 Å². The number of carbonyl (C=O) groups excluding carboxylic acids is 1. The molecule has 0 spiro atoms. The summed E-state index contributed by atoms with van der Waals surface area (Å²) in [5.41, 5.74) is 1.07. The van der Waals surface area contributed by atoms with Gasteiger partial charge in [0.05, 0.1) is 16.6 Å². The molecule has 0 aliphatic rings. The van der Waals surface area contributed by atoms with Gasteiger partial charge in [-0.15, -0.1) is 0 Å². The van der Waals surface area contributed by atoms with Crippen LogP contribution in [0.5, 0.6) is 0 Å². The lowest BCUT2D eigenvalue weighted by Gasteiger charge is -2.05. The molecule has 1 aromatic carbocycles. The number of nitrogens with one attached hydrogen (secondary N) is 1. The zero-order valence-corrected chi connectivity index (χ0v) is 13.2. The summed E-state index contributed by atoms with van der Waals surface area (Å²) in [7, 11) is -1.18. The van der Waals surface area contributed by atoms with Gasteiger partial charge in [-0.2, -0.15) is 0 Å². The molecule has 0 radical (unpaired) electrons. The van der Waals surface area contributed by atoms with Gasteiger partial charge in [-0.25, -0.2) is 0 Å². The fraction of sp³-hybridized carbons (Fsp3) is 0.312. The Bertz CT molecular complexity index is 661. The molecule has 1 N–H and O–H groups in total. The highest BCUT2D eigenvalue weighted by molar-refractivity contribution is 7.84. The third-order valence-electron chi connectivity index (χ3n) is 2.83. The molecule has 0 aliphatic heterocycles. The van der Waals surface area contributed by atoms with E-state index in [2.05, 4.69) is 5.32 Å². The molecule has 0 saturated carbocycles. The molecule has 1 aromatic heterocycles. The first-order valence-electron chi connectivity index (χ1n) is 6.80. The highest BCUT2D eigenvalue weighted by Crippen LogP contribution is 2.16. The van der Waals surface area contributed by atoms with E-state index in [0.29, 0.717) is 5.76 Å². The summed E-state index contributed by atoms with van der Waals surface area (Å²) >= 11 is 0. The summed E-state index contributed by atoms with van der Waals surface area (Å²) in [6, 6.07) is 10.9. The molecule has 2 aromatic rings. The van der Waals surface area contributed by atoms with Gasteiger partial charge in [-0.1, -0.05) is 12.1 Å². The fourth-order valence-electron chi connectivity index (χ4n) is 1.88. The van der Waals surface area contributed by atoms with Gasteiger partial charge in [0.2, 0.25) is 0 Å². The predicted molar refractivity (Wildman–Crippen MR) is 82.6 cm³/mol. The summed E-state index contributed by atoms with van der Waals surface area (Å²) < 4.78 is 17.7. The largest absolute Gasteiger partial charge is 0.455 e. The number of amides is 1. The molecule has 0 saturated heterocycles. The third-order valence-corrected chi connectivity index (χ3v) is 4.16. The van der Waals surface area contributed by atoms with E-state index in [1.165, 1.54) is 0 Å². The number of aryl methyl sites for hydroxylation is 1. The van der Waals surface area contributed by atoms with Crippen LogP contribution < -0.4 is 5.32 Å². The Hall–Kier alpha value is -1.88. The molecule has 2 rings (SSSR count). The molecule has 112 valence electrons. The van der Waals surface area contributed by atoms with E-state index in [1.807, 2.05) is 45.0 Å². The SMILES string of the molecule is Cc1cccc([S@@](=O)Cc2ccc(C(=O)NC(C)C)o2)c1. The van der Waals surface area contributed by atoms with Crippen molar-refractivity contribution in [1.29, 1.82) is 0 Å². The molecule has 21 heavy (non-hydrogen) atoms. The first-order chi connectivity index (χ1) is 9.95. The quantitative estimate of drug-likeness (QED) is 0.923. The molecule has 1 heterocycles. The molecule has 1 atom stereocenters. The minimum Gasteiger partial charge on any atom is -0.455 e. The van der Waals surface area contributed by atoms with Gasteiger partial charge in [0.25, 0.3) is 5.91 Å². The van der Waals surface area contributed by atoms with Gasteiger partial charge in [-0.3, -0.25) is 9.00 Å². The zero-order valence-electron chi connectivity index (χ0n) is 12.4. The molecule has 5 heteroatoms. The summed E-state index contributed by atoms with van der Waals surface area (Å²) in [6.45, 7) is 5.73. The van der Waals surface area contributed by atoms with E-state index < -0.39 is 10.8 Å². The van der Waals surface area contributed by atoms with Crippen molar-refractivity contribution in [3.63, 3.8) is 0 Å². The molecule has 0 aliphatic carbocycles. The van der Waals surface area contributed by atoms with Crippen LogP contribution in [0.1, 0.15) is 35.7 Å². The number of benzene rings is 1. The molecule has 0 unspecified atom stereocenters.